The zero-order valence-corrected chi connectivity index (χ0v) is 84.9. The van der Waals surface area contributed by atoms with Gasteiger partial charge in [-0.25, -0.2) is 19.2 Å². The molecule has 15 aromatic rings. The standard InChI is InChI=1S/C28H28Cl2N4O3.C27H27Cl2N5O3.C27H26Cl2N4O3.C25H25Cl2N3O3/c1-32-16-23(28(35)36)20-7-5-19(15-25(20)32)34-12-10-33(11-13-34)9-8-22-26(31-37-27(22)17-2-3-17)21-6-4-18(29)14-24(21)30;1-32-22-15-17(7-8-18(22)25(30-32)27(35)36)34-13-11-33(12-14-34)10-9-19-24(31-37-26(19)16-5-6-16)23-20(28)3-2-4-21(23)29;28-21-2-1-3-22(29)24(21)25-19(26(36-31-25)16-4-5-16)8-9-32-10-12-33(13-11-32)17-6-7-18-20(27(34)35)15-30-23(18)14-17;26-20-2-1-3-21(27)22(20)23-19(24(33-28-23)16-4-5-16)10-11-29-12-14-30(15-13-29)18-8-6-17(7-9-18)25(31)32/h4-7,14-17H,2-3,8-13H2,1H3,(H,35,36);2-4,7-8,15-16H,5-6,9-14H2,1H3,(H,35,36);1-3,6-7,14-16,30H,4-5,8-13H2,(H,34,35);1-3,6-9,16H,4-5,10-15H2,(H,31,32). The minimum Gasteiger partial charge on any atom is -0.478 e. The van der Waals surface area contributed by atoms with Crippen LogP contribution in [0, 0.1) is 0 Å². The van der Waals surface area contributed by atoms with E-state index < -0.39 is 23.9 Å². The molecule has 0 unspecified atom stereocenters. The number of hydrogen-bond donors (Lipinski definition) is 5. The van der Waals surface area contributed by atoms with Crippen molar-refractivity contribution in [3.05, 3.63) is 272 Å². The fraction of sp³-hybridized carbons (Fsp3) is 0.355. The molecule has 0 amide bonds. The van der Waals surface area contributed by atoms with Crippen LogP contribution >= 0.6 is 92.8 Å². The van der Waals surface area contributed by atoms with Crippen LogP contribution in [0.5, 0.6) is 0 Å². The Morgan fingerprint density at radius 1 is 0.357 bits per heavy atom. The number of nitrogens with one attached hydrogen (secondary N) is 1. The van der Waals surface area contributed by atoms with Crippen molar-refractivity contribution in [1.29, 1.82) is 0 Å². The Kier molecular flexibility index (Phi) is 29.7. The predicted molar refractivity (Wildman–Crippen MR) is 561 cm³/mol. The Morgan fingerprint density at radius 3 is 1.08 bits per heavy atom. The highest BCUT2D eigenvalue weighted by Gasteiger charge is 2.40. The number of fused-ring (bicyclic) bond motifs is 3. The fourth-order valence-corrected chi connectivity index (χ4v) is 22.4. The number of aromatic carboxylic acids is 4. The van der Waals surface area contributed by atoms with Gasteiger partial charge in [-0.2, -0.15) is 5.10 Å². The summed E-state index contributed by atoms with van der Waals surface area (Å²) in [7, 11) is 3.67. The first-order valence-electron chi connectivity index (χ1n) is 48.6. The molecule has 23 rings (SSSR count). The van der Waals surface area contributed by atoms with Crippen molar-refractivity contribution in [2.75, 3.05) is 150 Å². The molecule has 8 aliphatic rings. The van der Waals surface area contributed by atoms with E-state index in [0.29, 0.717) is 85.9 Å². The van der Waals surface area contributed by atoms with Gasteiger partial charge in [0.15, 0.2) is 5.69 Å². The van der Waals surface area contributed by atoms with E-state index in [4.69, 9.17) is 116 Å². The van der Waals surface area contributed by atoms with Gasteiger partial charge >= 0.3 is 23.9 Å². The van der Waals surface area contributed by atoms with Crippen molar-refractivity contribution in [2.24, 2.45) is 14.1 Å². The van der Waals surface area contributed by atoms with Crippen LogP contribution < -0.4 is 19.6 Å². The maximum Gasteiger partial charge on any atom is 0.357 e. The second-order valence-electron chi connectivity index (χ2n) is 38.1. The molecule has 4 saturated heterocycles. The van der Waals surface area contributed by atoms with Gasteiger partial charge in [0, 0.05) is 275 Å². The number of anilines is 4. The molecule has 5 N–H and O–H groups in total. The number of aromatic amines is 1. The molecule has 143 heavy (non-hydrogen) atoms. The van der Waals surface area contributed by atoms with Crippen LogP contribution in [0.25, 0.3) is 77.7 Å². The number of rotatable bonds is 28. The van der Waals surface area contributed by atoms with E-state index >= 15 is 0 Å². The van der Waals surface area contributed by atoms with Crippen LogP contribution in [-0.4, -0.2) is 235 Å². The summed E-state index contributed by atoms with van der Waals surface area (Å²) in [5.74, 6) is 2.05. The van der Waals surface area contributed by atoms with E-state index in [0.717, 1.165) is 348 Å². The van der Waals surface area contributed by atoms with Crippen molar-refractivity contribution in [3.63, 3.8) is 0 Å². The average molecular weight is 2090 g/mol. The molecule has 11 heterocycles. The smallest absolute Gasteiger partial charge is 0.357 e. The lowest BCUT2D eigenvalue weighted by atomic mass is 10.0. The van der Waals surface area contributed by atoms with Gasteiger partial charge in [0.05, 0.1) is 62.9 Å². The van der Waals surface area contributed by atoms with Crippen LogP contribution in [0.1, 0.15) is 162 Å². The molecule has 8 fully saturated rings. The Hall–Kier alpha value is -11.6. The van der Waals surface area contributed by atoms with Crippen LogP contribution in [-0.2, 0) is 39.8 Å². The number of carboxylic acid groups (broad SMARTS) is 4. The maximum absolute atomic E-state index is 11.5. The fourth-order valence-electron chi connectivity index (χ4n) is 20.2. The summed E-state index contributed by atoms with van der Waals surface area (Å²) in [6, 6.07) is 47.0. The lowest BCUT2D eigenvalue weighted by Crippen LogP contribution is -2.47. The molecular formula is C107H106Cl8N16O12. The number of halogens is 8. The van der Waals surface area contributed by atoms with Crippen molar-refractivity contribution >= 4 is 172 Å². The molecule has 4 saturated carbocycles. The molecular weight excluding hydrogens is 1980 g/mol. The minimum absolute atomic E-state index is 0.0885. The molecule has 0 spiro atoms. The van der Waals surface area contributed by atoms with Crippen molar-refractivity contribution in [3.8, 4) is 45.0 Å². The Balaban J connectivity index is 0.000000117. The Labute approximate surface area is 865 Å². The van der Waals surface area contributed by atoms with Crippen LogP contribution in [0.4, 0.5) is 22.7 Å². The second kappa shape index (κ2) is 43.0. The number of benzene rings is 8. The number of nitrogens with zero attached hydrogens (tertiary/aromatic N) is 15. The first-order valence-corrected chi connectivity index (χ1v) is 51.6. The highest BCUT2D eigenvalue weighted by Crippen LogP contribution is 2.51. The van der Waals surface area contributed by atoms with E-state index in [9.17, 15) is 34.5 Å². The average Bonchev–Trinajstić information content (AvgIpc) is 1.63. The monoisotopic (exact) mass is 2090 g/mol. The summed E-state index contributed by atoms with van der Waals surface area (Å²) in [5, 5.41) is 66.0. The first kappa shape index (κ1) is 98.8. The summed E-state index contributed by atoms with van der Waals surface area (Å²) in [6.45, 7) is 18.3. The number of H-pyrrole nitrogens is 1. The van der Waals surface area contributed by atoms with Crippen LogP contribution in [0.15, 0.2) is 182 Å². The van der Waals surface area contributed by atoms with Gasteiger partial charge in [-0.1, -0.05) is 132 Å². The van der Waals surface area contributed by atoms with Gasteiger partial charge in [-0.15, -0.1) is 0 Å². The molecule has 0 radical (unpaired) electrons. The van der Waals surface area contributed by atoms with Gasteiger partial charge < -0.3 is 67.7 Å². The van der Waals surface area contributed by atoms with E-state index in [-0.39, 0.29) is 5.69 Å². The van der Waals surface area contributed by atoms with Crippen LogP contribution in [0.2, 0.25) is 40.2 Å². The zero-order valence-electron chi connectivity index (χ0n) is 78.8. The molecule has 4 aliphatic carbocycles. The summed E-state index contributed by atoms with van der Waals surface area (Å²) >= 11 is 51.6. The maximum atomic E-state index is 11.5. The molecule has 8 aromatic carbocycles. The summed E-state index contributed by atoms with van der Waals surface area (Å²) in [6.07, 6.45) is 15.7. The zero-order chi connectivity index (χ0) is 99.1. The summed E-state index contributed by atoms with van der Waals surface area (Å²) < 4.78 is 26.8. The van der Waals surface area contributed by atoms with E-state index in [1.54, 1.807) is 42.3 Å². The molecule has 0 atom stereocenters. The van der Waals surface area contributed by atoms with Crippen molar-refractivity contribution in [1.82, 2.24) is 59.6 Å². The second-order valence-corrected chi connectivity index (χ2v) is 41.3. The van der Waals surface area contributed by atoms with Gasteiger partial charge in [0.1, 0.15) is 45.8 Å². The van der Waals surface area contributed by atoms with Crippen molar-refractivity contribution in [2.45, 2.75) is 101 Å². The van der Waals surface area contributed by atoms with Gasteiger partial charge in [-0.3, -0.25) is 24.3 Å². The third-order valence-electron chi connectivity index (χ3n) is 28.8. The SMILES string of the molecule is Cn1cc(C(=O)O)c2ccc(N3CCN(CCc4c(-c5ccc(Cl)cc5Cl)noc4C4CC4)CC3)cc21.Cn1nc(C(=O)O)c2ccc(N3CCN(CCc4c(-c5c(Cl)cccc5Cl)noc4C4CC4)CC3)cc21.O=C(O)c1c[nH]c2cc(N3CCN(CCc4c(-c5c(Cl)cccc5Cl)noc4C4CC4)CC3)ccc12.O=C(O)c1ccc(N2CCN(CCc3c(-c4c(Cl)cccc4Cl)noc3C3CC3)CC2)cc1. The van der Waals surface area contributed by atoms with E-state index in [1.165, 1.54) is 0 Å². The third-order valence-corrected chi connectivity index (χ3v) is 31.2. The third kappa shape index (κ3) is 21.9. The van der Waals surface area contributed by atoms with Crippen LogP contribution in [0.3, 0.4) is 0 Å². The largest absolute Gasteiger partial charge is 0.478 e. The molecule has 28 nitrogen and oxygen atoms in total. The van der Waals surface area contributed by atoms with Gasteiger partial charge in [0.2, 0.25) is 0 Å². The molecule has 0 bridgehead atoms. The molecule has 7 aromatic heterocycles. The normalized spacial score (nSPS) is 16.7. The number of carbonyl (C=O) groups is 4. The topological polar surface area (TPSA) is 318 Å². The minimum atomic E-state index is -1.01. The molecule has 36 heteroatoms. The highest BCUT2D eigenvalue weighted by molar-refractivity contribution is 6.41. The van der Waals surface area contributed by atoms with Gasteiger partial charge in [0.25, 0.3) is 0 Å². The summed E-state index contributed by atoms with van der Waals surface area (Å²) in [5.41, 5.74) is 18.8. The lowest BCUT2D eigenvalue weighted by molar-refractivity contribution is 0.0682. The lowest BCUT2D eigenvalue weighted by Gasteiger charge is -2.36. The number of carboxylic acids is 4. The number of piperazine rings is 4. The quantitative estimate of drug-likeness (QED) is 0.0304. The molecule has 742 valence electrons. The van der Waals surface area contributed by atoms with E-state index in [2.05, 4.69) is 76.0 Å². The Bertz CT molecular complexity index is 7180. The first-order chi connectivity index (χ1) is 69.3. The number of aryl methyl sites for hydroxylation is 2. The number of aromatic nitrogens is 8. The summed E-state index contributed by atoms with van der Waals surface area (Å²) in [4.78, 5) is 67.8. The predicted octanol–water partition coefficient (Wildman–Crippen LogP) is 23.2. The Morgan fingerprint density at radius 2 is 0.706 bits per heavy atom. The van der Waals surface area contributed by atoms with Crippen molar-refractivity contribution < 1.29 is 57.7 Å². The van der Waals surface area contributed by atoms with Gasteiger partial charge in [-0.05, 0) is 211 Å². The highest BCUT2D eigenvalue weighted by atomic mass is 35.5. The molecule has 4 aliphatic heterocycles. The van der Waals surface area contributed by atoms with E-state index in [1.807, 2.05) is 139 Å². The number of hydrogen-bond acceptors (Lipinski definition) is 21.